The molecule has 0 saturated carbocycles. The third kappa shape index (κ3) is 6.70. The third-order valence-electron chi connectivity index (χ3n) is 7.72. The van der Waals surface area contributed by atoms with Gasteiger partial charge in [-0.2, -0.15) is 26.3 Å². The van der Waals surface area contributed by atoms with Crippen LogP contribution in [0.1, 0.15) is 29.5 Å². The van der Waals surface area contributed by atoms with E-state index in [1.165, 1.54) is 24.5 Å². The molecular formula is C28H28F6N6O3. The van der Waals surface area contributed by atoms with Gasteiger partial charge in [-0.25, -0.2) is 9.97 Å². The number of rotatable bonds is 6. The molecule has 5 rings (SSSR count). The van der Waals surface area contributed by atoms with Crippen LogP contribution in [0, 0.1) is 17.0 Å². The Kier molecular flexibility index (Phi) is 8.25. The second kappa shape index (κ2) is 11.8. The second-order valence-electron chi connectivity index (χ2n) is 10.4. The van der Waals surface area contributed by atoms with Gasteiger partial charge in [0.05, 0.1) is 16.1 Å². The van der Waals surface area contributed by atoms with Crippen LogP contribution in [0.3, 0.4) is 0 Å². The standard InChI is InChI=1S/C28H28F6N6O3/c1-18-25(39-14-12-38(13-15-39)20-4-2-19(3-5-20)27(29,30)31)35-17-36-26(18)43-22-8-10-37(11-9-22)21-6-7-24(40(41)42)23(16-21)28(32,33)34/h2-7,16-17,22H,8-15H2,1H3. The number of piperazine rings is 1. The van der Waals surface area contributed by atoms with Crippen LogP contribution in [0.2, 0.25) is 0 Å². The molecule has 2 aromatic carbocycles. The van der Waals surface area contributed by atoms with Gasteiger partial charge < -0.3 is 19.4 Å². The van der Waals surface area contributed by atoms with E-state index in [4.69, 9.17) is 4.74 Å². The van der Waals surface area contributed by atoms with Crippen molar-refractivity contribution in [3.05, 3.63) is 75.6 Å². The molecule has 3 aromatic rings. The van der Waals surface area contributed by atoms with Crippen LogP contribution in [-0.4, -0.2) is 60.3 Å². The summed E-state index contributed by atoms with van der Waals surface area (Å²) in [6, 6.07) is 8.14. The molecule has 3 heterocycles. The van der Waals surface area contributed by atoms with Crippen LogP contribution in [-0.2, 0) is 12.4 Å². The minimum Gasteiger partial charge on any atom is -0.474 e. The molecule has 0 radical (unpaired) electrons. The number of hydrogen-bond donors (Lipinski definition) is 0. The van der Waals surface area contributed by atoms with Crippen LogP contribution in [0.15, 0.2) is 48.8 Å². The molecular weight excluding hydrogens is 582 g/mol. The van der Waals surface area contributed by atoms with E-state index in [-0.39, 0.29) is 11.8 Å². The third-order valence-corrected chi connectivity index (χ3v) is 7.72. The van der Waals surface area contributed by atoms with Crippen molar-refractivity contribution in [2.75, 3.05) is 54.0 Å². The smallest absolute Gasteiger partial charge is 0.423 e. The summed E-state index contributed by atoms with van der Waals surface area (Å²) in [5.74, 6) is 1.10. The summed E-state index contributed by atoms with van der Waals surface area (Å²) in [6.07, 6.45) is -7.06. The number of nitro benzene ring substituents is 1. The molecule has 2 fully saturated rings. The van der Waals surface area contributed by atoms with E-state index >= 15 is 0 Å². The van der Waals surface area contributed by atoms with Gasteiger partial charge in [-0.05, 0) is 43.3 Å². The summed E-state index contributed by atoms with van der Waals surface area (Å²) in [5.41, 5.74) is -1.24. The number of benzene rings is 2. The molecule has 230 valence electrons. The number of aromatic nitrogens is 2. The number of nitro groups is 1. The van der Waals surface area contributed by atoms with Crippen molar-refractivity contribution in [2.24, 2.45) is 0 Å². The van der Waals surface area contributed by atoms with Crippen LogP contribution in [0.5, 0.6) is 5.88 Å². The summed E-state index contributed by atoms with van der Waals surface area (Å²) in [7, 11) is 0. The zero-order chi connectivity index (χ0) is 30.9. The number of hydrogen-bond acceptors (Lipinski definition) is 8. The topological polar surface area (TPSA) is 87.9 Å². The molecule has 0 aliphatic carbocycles. The van der Waals surface area contributed by atoms with Crippen LogP contribution in [0.4, 0.5) is 49.2 Å². The van der Waals surface area contributed by atoms with Gasteiger partial charge in [0.2, 0.25) is 5.88 Å². The molecule has 0 bridgehead atoms. The average molecular weight is 611 g/mol. The van der Waals surface area contributed by atoms with E-state index in [1.807, 2.05) is 11.8 Å². The van der Waals surface area contributed by atoms with Crippen LogP contribution in [0.25, 0.3) is 0 Å². The molecule has 9 nitrogen and oxygen atoms in total. The maximum atomic E-state index is 13.4. The van der Waals surface area contributed by atoms with Crippen molar-refractivity contribution in [3.63, 3.8) is 0 Å². The van der Waals surface area contributed by atoms with E-state index in [9.17, 15) is 36.5 Å². The summed E-state index contributed by atoms with van der Waals surface area (Å²) < 4.78 is 85.1. The average Bonchev–Trinajstić information content (AvgIpc) is 2.97. The predicted octanol–water partition coefficient (Wildman–Crippen LogP) is 6.11. The summed E-state index contributed by atoms with van der Waals surface area (Å²) in [6.45, 7) is 4.98. The van der Waals surface area contributed by atoms with Crippen LogP contribution < -0.4 is 19.4 Å². The first-order valence-electron chi connectivity index (χ1n) is 13.6. The van der Waals surface area contributed by atoms with Crippen molar-refractivity contribution >= 4 is 22.9 Å². The zero-order valence-corrected chi connectivity index (χ0v) is 23.0. The van der Waals surface area contributed by atoms with Gasteiger partial charge in [-0.15, -0.1) is 0 Å². The first-order chi connectivity index (χ1) is 20.3. The number of ether oxygens (including phenoxy) is 1. The van der Waals surface area contributed by atoms with E-state index in [1.54, 1.807) is 4.90 Å². The van der Waals surface area contributed by atoms with E-state index < -0.39 is 34.1 Å². The summed E-state index contributed by atoms with van der Waals surface area (Å²) in [5, 5.41) is 11.1. The van der Waals surface area contributed by atoms with Crippen molar-refractivity contribution in [2.45, 2.75) is 38.2 Å². The van der Waals surface area contributed by atoms with E-state index in [0.29, 0.717) is 69.5 Å². The van der Waals surface area contributed by atoms with Crippen LogP contribution >= 0.6 is 0 Å². The number of nitrogens with zero attached hydrogens (tertiary/aromatic N) is 6. The fourth-order valence-corrected chi connectivity index (χ4v) is 5.40. The molecule has 2 saturated heterocycles. The summed E-state index contributed by atoms with van der Waals surface area (Å²) >= 11 is 0. The van der Waals surface area contributed by atoms with Gasteiger partial charge in [0.25, 0.3) is 5.69 Å². The second-order valence-corrected chi connectivity index (χ2v) is 10.4. The highest BCUT2D eigenvalue weighted by atomic mass is 19.4. The molecule has 43 heavy (non-hydrogen) atoms. The Labute approximate surface area is 242 Å². The number of anilines is 3. The first kappa shape index (κ1) is 30.2. The predicted molar refractivity (Wildman–Crippen MR) is 147 cm³/mol. The van der Waals surface area contributed by atoms with E-state index in [2.05, 4.69) is 14.9 Å². The van der Waals surface area contributed by atoms with Gasteiger partial charge in [-0.3, -0.25) is 10.1 Å². The Morgan fingerprint density at radius 2 is 1.40 bits per heavy atom. The number of halogens is 6. The zero-order valence-electron chi connectivity index (χ0n) is 23.0. The Hall–Kier alpha value is -4.30. The highest BCUT2D eigenvalue weighted by molar-refractivity contribution is 5.57. The highest BCUT2D eigenvalue weighted by Gasteiger charge is 2.39. The lowest BCUT2D eigenvalue weighted by Gasteiger charge is -2.37. The molecule has 0 unspecified atom stereocenters. The van der Waals surface area contributed by atoms with Gasteiger partial charge in [0.15, 0.2) is 0 Å². The normalized spacial score (nSPS) is 16.9. The van der Waals surface area contributed by atoms with Gasteiger partial charge in [-0.1, -0.05) is 0 Å². The monoisotopic (exact) mass is 610 g/mol. The fourth-order valence-electron chi connectivity index (χ4n) is 5.40. The maximum absolute atomic E-state index is 13.4. The number of alkyl halides is 6. The Bertz CT molecular complexity index is 1450. The van der Waals surface area contributed by atoms with Gasteiger partial charge in [0, 0.05) is 69.6 Å². The molecule has 0 atom stereocenters. The molecule has 2 aliphatic heterocycles. The summed E-state index contributed by atoms with van der Waals surface area (Å²) in [4.78, 5) is 24.6. The minimum atomic E-state index is -4.85. The molecule has 2 aliphatic rings. The lowest BCUT2D eigenvalue weighted by atomic mass is 10.1. The minimum absolute atomic E-state index is 0.241. The highest BCUT2D eigenvalue weighted by Crippen LogP contribution is 2.39. The van der Waals surface area contributed by atoms with Gasteiger partial charge in [0.1, 0.15) is 23.8 Å². The Morgan fingerprint density at radius 3 is 1.98 bits per heavy atom. The van der Waals surface area contributed by atoms with Gasteiger partial charge >= 0.3 is 12.4 Å². The number of piperidine rings is 1. The van der Waals surface area contributed by atoms with Crippen molar-refractivity contribution in [1.29, 1.82) is 0 Å². The van der Waals surface area contributed by atoms with Crippen molar-refractivity contribution in [1.82, 2.24) is 9.97 Å². The fraction of sp³-hybridized carbons (Fsp3) is 0.429. The lowest BCUT2D eigenvalue weighted by molar-refractivity contribution is -0.388. The largest absolute Gasteiger partial charge is 0.474 e. The molecule has 0 amide bonds. The SMILES string of the molecule is Cc1c(OC2CCN(c3ccc([N+](=O)[O-])c(C(F)(F)F)c3)CC2)ncnc1N1CCN(c2ccc(C(F)(F)F)cc2)CC1. The molecule has 0 spiro atoms. The first-order valence-corrected chi connectivity index (χ1v) is 13.6. The van der Waals surface area contributed by atoms with E-state index in [0.717, 1.165) is 29.8 Å². The molecule has 0 N–H and O–H groups in total. The quantitative estimate of drug-likeness (QED) is 0.188. The molecule has 15 heteroatoms. The Balaban J connectivity index is 1.19. The Morgan fingerprint density at radius 1 is 0.814 bits per heavy atom. The maximum Gasteiger partial charge on any atom is 0.423 e. The lowest BCUT2D eigenvalue weighted by Crippen LogP contribution is -2.47. The van der Waals surface area contributed by atoms with Crippen molar-refractivity contribution < 1.29 is 36.0 Å². The van der Waals surface area contributed by atoms with Crippen molar-refractivity contribution in [3.8, 4) is 5.88 Å². The molecule has 1 aromatic heterocycles.